The van der Waals surface area contributed by atoms with E-state index >= 15 is 0 Å². The van der Waals surface area contributed by atoms with Crippen molar-refractivity contribution in [2.75, 3.05) is 5.43 Å². The van der Waals surface area contributed by atoms with Gasteiger partial charge in [0, 0.05) is 21.6 Å². The van der Waals surface area contributed by atoms with E-state index in [4.69, 9.17) is 0 Å². The summed E-state index contributed by atoms with van der Waals surface area (Å²) in [4.78, 5) is 4.35. The number of aromatic hydroxyl groups is 1. The van der Waals surface area contributed by atoms with Gasteiger partial charge in [-0.3, -0.25) is 10.4 Å². The molecule has 0 amide bonds. The lowest BCUT2D eigenvalue weighted by Gasteiger charge is -2.05. The van der Waals surface area contributed by atoms with Crippen LogP contribution in [-0.2, 0) is 0 Å². The number of hydrazone groups is 1. The Bertz CT molecular complexity index is 860. The zero-order valence-electron chi connectivity index (χ0n) is 11.3. The molecule has 3 rings (SSSR count). The van der Waals surface area contributed by atoms with Crippen LogP contribution in [0.4, 0.5) is 5.69 Å². The van der Waals surface area contributed by atoms with Crippen LogP contribution in [0, 0.1) is 0 Å². The zero-order chi connectivity index (χ0) is 15.5. The molecule has 1 heterocycles. The highest BCUT2D eigenvalue weighted by Gasteiger charge is 2.05. The molecule has 6 heteroatoms. The highest BCUT2D eigenvalue weighted by molar-refractivity contribution is 9.11. The van der Waals surface area contributed by atoms with Crippen LogP contribution >= 0.6 is 31.9 Å². The van der Waals surface area contributed by atoms with E-state index in [1.165, 1.54) is 0 Å². The van der Waals surface area contributed by atoms with E-state index < -0.39 is 0 Å². The molecular formula is C16H11Br2N3O. The molecule has 0 radical (unpaired) electrons. The van der Waals surface area contributed by atoms with Crippen molar-refractivity contribution in [3.05, 3.63) is 63.2 Å². The van der Waals surface area contributed by atoms with Gasteiger partial charge in [0.2, 0.25) is 0 Å². The van der Waals surface area contributed by atoms with E-state index in [9.17, 15) is 5.11 Å². The molecule has 2 aromatic carbocycles. The van der Waals surface area contributed by atoms with Gasteiger partial charge < -0.3 is 5.11 Å². The number of hydrogen-bond donors (Lipinski definition) is 2. The Kier molecular flexibility index (Phi) is 4.40. The average molecular weight is 421 g/mol. The number of para-hydroxylation sites is 1. The summed E-state index contributed by atoms with van der Waals surface area (Å²) in [5.74, 6) is 0.143. The quantitative estimate of drug-likeness (QED) is 0.467. The molecule has 0 fully saturated rings. The van der Waals surface area contributed by atoms with Crippen LogP contribution in [0.2, 0.25) is 0 Å². The third kappa shape index (κ3) is 3.13. The van der Waals surface area contributed by atoms with Crippen LogP contribution in [0.3, 0.4) is 0 Å². The van der Waals surface area contributed by atoms with Crippen molar-refractivity contribution in [3.63, 3.8) is 0 Å². The van der Waals surface area contributed by atoms with E-state index in [1.54, 1.807) is 24.5 Å². The first-order chi connectivity index (χ1) is 10.6. The number of rotatable bonds is 3. The topological polar surface area (TPSA) is 57.5 Å². The second-order valence-electron chi connectivity index (χ2n) is 4.58. The highest BCUT2D eigenvalue weighted by Crippen LogP contribution is 2.30. The molecule has 3 aromatic rings. The van der Waals surface area contributed by atoms with Crippen LogP contribution in [0.25, 0.3) is 10.9 Å². The summed E-state index contributed by atoms with van der Waals surface area (Å²) in [5.41, 5.74) is 5.22. The predicted molar refractivity (Wildman–Crippen MR) is 96.5 cm³/mol. The van der Waals surface area contributed by atoms with Gasteiger partial charge in [-0.15, -0.1) is 0 Å². The minimum atomic E-state index is 0.143. The first-order valence-corrected chi connectivity index (χ1v) is 8.04. The fourth-order valence-electron chi connectivity index (χ4n) is 2.05. The van der Waals surface area contributed by atoms with Crippen molar-refractivity contribution in [1.29, 1.82) is 0 Å². The fraction of sp³-hybridized carbons (Fsp3) is 0. The van der Waals surface area contributed by atoms with Gasteiger partial charge in [0.15, 0.2) is 0 Å². The molecule has 0 spiro atoms. The van der Waals surface area contributed by atoms with Gasteiger partial charge in [-0.1, -0.05) is 34.1 Å². The third-order valence-corrected chi connectivity index (χ3v) is 4.14. The summed E-state index contributed by atoms with van der Waals surface area (Å²) < 4.78 is 1.46. The first kappa shape index (κ1) is 15.0. The minimum absolute atomic E-state index is 0.143. The van der Waals surface area contributed by atoms with Crippen molar-refractivity contribution >= 4 is 54.7 Å². The van der Waals surface area contributed by atoms with Gasteiger partial charge in [0.25, 0.3) is 0 Å². The van der Waals surface area contributed by atoms with Crippen molar-refractivity contribution in [1.82, 2.24) is 4.98 Å². The molecule has 0 saturated carbocycles. The molecule has 0 atom stereocenters. The molecule has 22 heavy (non-hydrogen) atoms. The molecule has 0 aliphatic rings. The average Bonchev–Trinajstić information content (AvgIpc) is 2.52. The Hall–Kier alpha value is -1.92. The van der Waals surface area contributed by atoms with Crippen molar-refractivity contribution < 1.29 is 5.11 Å². The minimum Gasteiger partial charge on any atom is -0.506 e. The van der Waals surface area contributed by atoms with Crippen LogP contribution in [0.5, 0.6) is 5.75 Å². The maximum Gasteiger partial charge on any atom is 0.138 e. The number of fused-ring (bicyclic) bond motifs is 1. The van der Waals surface area contributed by atoms with E-state index in [0.29, 0.717) is 10.0 Å². The summed E-state index contributed by atoms with van der Waals surface area (Å²) in [7, 11) is 0. The standard InChI is InChI=1S/C16H11Br2N3O/c17-12-7-11(16(22)13(18)8-12)9-20-21-14-5-1-3-10-4-2-6-19-15(10)14/h1-9,21-22H/b20-9+. The second kappa shape index (κ2) is 6.46. The first-order valence-electron chi connectivity index (χ1n) is 6.46. The van der Waals surface area contributed by atoms with Crippen LogP contribution in [0.15, 0.2) is 62.7 Å². The molecular weight excluding hydrogens is 410 g/mol. The summed E-state index contributed by atoms with van der Waals surface area (Å²) >= 11 is 6.68. The number of phenols is 1. The van der Waals surface area contributed by atoms with Gasteiger partial charge in [-0.25, -0.2) is 0 Å². The number of phenolic OH excluding ortho intramolecular Hbond substituents is 1. The third-order valence-electron chi connectivity index (χ3n) is 3.08. The number of nitrogens with zero attached hydrogens (tertiary/aromatic N) is 2. The largest absolute Gasteiger partial charge is 0.506 e. The Labute approximate surface area is 144 Å². The molecule has 0 saturated heterocycles. The molecule has 0 bridgehead atoms. The lowest BCUT2D eigenvalue weighted by molar-refractivity contribution is 0.471. The maximum absolute atomic E-state index is 9.99. The van der Waals surface area contributed by atoms with E-state index in [0.717, 1.165) is 21.1 Å². The number of anilines is 1. The summed E-state index contributed by atoms with van der Waals surface area (Å²) in [6.45, 7) is 0. The lowest BCUT2D eigenvalue weighted by Crippen LogP contribution is -1.93. The smallest absolute Gasteiger partial charge is 0.138 e. The van der Waals surface area contributed by atoms with Gasteiger partial charge in [-0.05, 0) is 40.2 Å². The van der Waals surface area contributed by atoms with Crippen LogP contribution in [0.1, 0.15) is 5.56 Å². The normalized spacial score (nSPS) is 11.2. The Balaban J connectivity index is 1.88. The van der Waals surface area contributed by atoms with E-state index in [-0.39, 0.29) is 5.75 Å². The molecule has 2 N–H and O–H groups in total. The number of benzene rings is 2. The highest BCUT2D eigenvalue weighted by atomic mass is 79.9. The van der Waals surface area contributed by atoms with Gasteiger partial charge in [-0.2, -0.15) is 5.10 Å². The van der Waals surface area contributed by atoms with Crippen molar-refractivity contribution in [3.8, 4) is 5.75 Å². The van der Waals surface area contributed by atoms with Crippen molar-refractivity contribution in [2.45, 2.75) is 0 Å². The number of nitrogens with one attached hydrogen (secondary N) is 1. The summed E-state index contributed by atoms with van der Waals surface area (Å²) in [6.07, 6.45) is 3.31. The molecule has 0 unspecified atom stereocenters. The van der Waals surface area contributed by atoms with Crippen LogP contribution in [-0.4, -0.2) is 16.3 Å². The Morgan fingerprint density at radius 1 is 1.14 bits per heavy atom. The SMILES string of the molecule is Oc1c(Br)cc(Br)cc1/C=N/Nc1cccc2cccnc12. The monoisotopic (exact) mass is 419 g/mol. The van der Waals surface area contributed by atoms with Crippen LogP contribution < -0.4 is 5.43 Å². The number of halogens is 2. The molecule has 1 aromatic heterocycles. The Morgan fingerprint density at radius 3 is 2.82 bits per heavy atom. The molecule has 0 aliphatic heterocycles. The Morgan fingerprint density at radius 2 is 1.95 bits per heavy atom. The maximum atomic E-state index is 9.99. The molecule has 0 aliphatic carbocycles. The lowest BCUT2D eigenvalue weighted by atomic mass is 10.2. The van der Waals surface area contributed by atoms with Gasteiger partial charge in [0.05, 0.1) is 21.9 Å². The summed E-state index contributed by atoms with van der Waals surface area (Å²) in [6, 6.07) is 13.3. The van der Waals surface area contributed by atoms with E-state index in [2.05, 4.69) is 47.4 Å². The van der Waals surface area contributed by atoms with Gasteiger partial charge >= 0.3 is 0 Å². The molecule has 4 nitrogen and oxygen atoms in total. The van der Waals surface area contributed by atoms with E-state index in [1.807, 2.05) is 30.3 Å². The summed E-state index contributed by atoms with van der Waals surface area (Å²) in [5, 5.41) is 15.2. The second-order valence-corrected chi connectivity index (χ2v) is 6.35. The predicted octanol–water partition coefficient (Wildman–Crippen LogP) is 4.91. The zero-order valence-corrected chi connectivity index (χ0v) is 14.5. The van der Waals surface area contributed by atoms with Gasteiger partial charge in [0.1, 0.15) is 5.75 Å². The number of pyridine rings is 1. The fourth-order valence-corrected chi connectivity index (χ4v) is 3.31. The number of hydrogen-bond acceptors (Lipinski definition) is 4. The molecule has 110 valence electrons. The van der Waals surface area contributed by atoms with Crippen molar-refractivity contribution in [2.24, 2.45) is 5.10 Å². The number of aromatic nitrogens is 1.